The Morgan fingerprint density at radius 3 is 2.84 bits per heavy atom. The second-order valence-corrected chi connectivity index (χ2v) is 7.22. The van der Waals surface area contributed by atoms with Crippen LogP contribution in [0.5, 0.6) is 0 Å². The zero-order chi connectivity index (χ0) is 14.0. The third kappa shape index (κ3) is 2.90. The molecule has 0 bridgehead atoms. The van der Waals surface area contributed by atoms with Crippen LogP contribution in [0.25, 0.3) is 0 Å². The fourth-order valence-electron chi connectivity index (χ4n) is 2.46. The molecule has 5 nitrogen and oxygen atoms in total. The van der Waals surface area contributed by atoms with Crippen LogP contribution in [-0.2, 0) is 10.0 Å². The minimum atomic E-state index is -3.13. The maximum atomic E-state index is 12.1. The van der Waals surface area contributed by atoms with Gasteiger partial charge in [0.05, 0.1) is 5.75 Å². The minimum Gasteiger partial charge on any atom is -0.363 e. The Hall–Kier alpha value is -1.14. The van der Waals surface area contributed by atoms with Crippen molar-refractivity contribution in [1.82, 2.24) is 9.29 Å². The zero-order valence-electron chi connectivity index (χ0n) is 11.7. The van der Waals surface area contributed by atoms with Crippen LogP contribution >= 0.6 is 0 Å². The molecule has 1 unspecified atom stereocenters. The first-order valence-corrected chi connectivity index (χ1v) is 8.19. The molecule has 0 amide bonds. The van der Waals surface area contributed by atoms with Crippen LogP contribution in [0.4, 0.5) is 5.82 Å². The highest BCUT2D eigenvalue weighted by atomic mass is 32.2. The SMILES string of the molecule is CCS(=O)(=O)N1CCCC1c1ccnc(N(C)C)c1. The van der Waals surface area contributed by atoms with Gasteiger partial charge in [0.25, 0.3) is 0 Å². The van der Waals surface area contributed by atoms with Crippen molar-refractivity contribution < 1.29 is 8.42 Å². The molecule has 1 aliphatic heterocycles. The van der Waals surface area contributed by atoms with E-state index < -0.39 is 10.0 Å². The average Bonchev–Trinajstić information content (AvgIpc) is 2.89. The van der Waals surface area contributed by atoms with Crippen molar-refractivity contribution in [2.75, 3.05) is 31.3 Å². The molecule has 1 atom stereocenters. The Kier molecular flexibility index (Phi) is 4.10. The van der Waals surface area contributed by atoms with Gasteiger partial charge in [-0.2, -0.15) is 4.31 Å². The molecular weight excluding hydrogens is 262 g/mol. The lowest BCUT2D eigenvalue weighted by molar-refractivity contribution is 0.397. The van der Waals surface area contributed by atoms with E-state index in [9.17, 15) is 8.42 Å². The Balaban J connectivity index is 2.33. The summed E-state index contributed by atoms with van der Waals surface area (Å²) < 4.78 is 25.8. The molecule has 0 aliphatic carbocycles. The lowest BCUT2D eigenvalue weighted by Gasteiger charge is -2.24. The normalized spacial score (nSPS) is 20.7. The number of pyridine rings is 1. The number of nitrogens with zero attached hydrogens (tertiary/aromatic N) is 3. The Morgan fingerprint density at radius 2 is 2.21 bits per heavy atom. The second-order valence-electron chi connectivity index (χ2n) is 5.01. The molecule has 0 N–H and O–H groups in total. The smallest absolute Gasteiger partial charge is 0.214 e. The summed E-state index contributed by atoms with van der Waals surface area (Å²) in [5.41, 5.74) is 1.04. The Labute approximate surface area is 115 Å². The van der Waals surface area contributed by atoms with Gasteiger partial charge < -0.3 is 4.90 Å². The van der Waals surface area contributed by atoms with E-state index in [1.807, 2.05) is 31.1 Å². The number of hydrogen-bond donors (Lipinski definition) is 0. The third-order valence-corrected chi connectivity index (χ3v) is 5.42. The van der Waals surface area contributed by atoms with Crippen LogP contribution in [0.3, 0.4) is 0 Å². The van der Waals surface area contributed by atoms with E-state index in [0.29, 0.717) is 6.54 Å². The molecule has 1 aliphatic rings. The van der Waals surface area contributed by atoms with Gasteiger partial charge in [-0.15, -0.1) is 0 Å². The van der Waals surface area contributed by atoms with Crippen molar-refractivity contribution >= 4 is 15.8 Å². The minimum absolute atomic E-state index is 0.0355. The topological polar surface area (TPSA) is 53.5 Å². The molecule has 106 valence electrons. The predicted molar refractivity (Wildman–Crippen MR) is 76.7 cm³/mol. The van der Waals surface area contributed by atoms with Gasteiger partial charge in [-0.1, -0.05) is 0 Å². The predicted octanol–water partition coefficient (Wildman–Crippen LogP) is 1.63. The first-order valence-electron chi connectivity index (χ1n) is 6.58. The summed E-state index contributed by atoms with van der Waals surface area (Å²) in [5, 5.41) is 0. The summed E-state index contributed by atoms with van der Waals surface area (Å²) in [6, 6.07) is 3.86. The fourth-order valence-corrected chi connectivity index (χ4v) is 3.81. The molecule has 0 radical (unpaired) electrons. The standard InChI is InChI=1S/C13H21N3O2S/c1-4-19(17,18)16-9-5-6-12(16)11-7-8-14-13(10-11)15(2)3/h7-8,10,12H,4-6,9H2,1-3H3. The van der Waals surface area contributed by atoms with Crippen molar-refractivity contribution in [3.63, 3.8) is 0 Å². The summed E-state index contributed by atoms with van der Waals surface area (Å²) in [4.78, 5) is 6.20. The Morgan fingerprint density at radius 1 is 1.47 bits per heavy atom. The maximum Gasteiger partial charge on any atom is 0.214 e. The van der Waals surface area contributed by atoms with Crippen LogP contribution < -0.4 is 4.90 Å². The monoisotopic (exact) mass is 283 g/mol. The average molecular weight is 283 g/mol. The molecule has 0 saturated carbocycles. The van der Waals surface area contributed by atoms with Gasteiger partial charge in [0.1, 0.15) is 5.82 Å². The zero-order valence-corrected chi connectivity index (χ0v) is 12.5. The van der Waals surface area contributed by atoms with Crippen LogP contribution in [0.1, 0.15) is 31.4 Å². The van der Waals surface area contributed by atoms with Gasteiger partial charge in [0, 0.05) is 32.9 Å². The highest BCUT2D eigenvalue weighted by Gasteiger charge is 2.34. The molecule has 1 aromatic rings. The van der Waals surface area contributed by atoms with Crippen LogP contribution in [0, 0.1) is 0 Å². The summed E-state index contributed by atoms with van der Waals surface area (Å²) in [6.07, 6.45) is 3.55. The van der Waals surface area contributed by atoms with Gasteiger partial charge >= 0.3 is 0 Å². The first-order chi connectivity index (χ1) is 8.95. The molecule has 2 heterocycles. The van der Waals surface area contributed by atoms with Crippen LogP contribution in [-0.4, -0.2) is 44.1 Å². The van der Waals surface area contributed by atoms with Crippen LogP contribution in [0.15, 0.2) is 18.3 Å². The lowest BCUT2D eigenvalue weighted by atomic mass is 10.1. The van der Waals surface area contributed by atoms with Crippen LogP contribution in [0.2, 0.25) is 0 Å². The van der Waals surface area contributed by atoms with Crippen molar-refractivity contribution in [2.24, 2.45) is 0 Å². The quantitative estimate of drug-likeness (QED) is 0.843. The molecule has 0 spiro atoms. The molecule has 1 saturated heterocycles. The summed E-state index contributed by atoms with van der Waals surface area (Å²) in [7, 11) is 0.735. The molecule has 19 heavy (non-hydrogen) atoms. The Bertz CT molecular complexity index is 543. The van der Waals surface area contributed by atoms with E-state index >= 15 is 0 Å². The van der Waals surface area contributed by atoms with E-state index in [1.165, 1.54) is 0 Å². The van der Waals surface area contributed by atoms with E-state index in [0.717, 1.165) is 24.2 Å². The van der Waals surface area contributed by atoms with Gasteiger partial charge in [-0.3, -0.25) is 0 Å². The molecule has 0 aromatic carbocycles. The second kappa shape index (κ2) is 5.46. The number of anilines is 1. The molecule has 1 aromatic heterocycles. The van der Waals surface area contributed by atoms with Gasteiger partial charge in [-0.05, 0) is 37.5 Å². The lowest BCUT2D eigenvalue weighted by Crippen LogP contribution is -2.32. The van der Waals surface area contributed by atoms with Crippen molar-refractivity contribution in [2.45, 2.75) is 25.8 Å². The highest BCUT2D eigenvalue weighted by Crippen LogP contribution is 2.34. The van der Waals surface area contributed by atoms with Gasteiger partial charge in [-0.25, -0.2) is 13.4 Å². The van der Waals surface area contributed by atoms with E-state index in [2.05, 4.69) is 4.98 Å². The van der Waals surface area contributed by atoms with E-state index in [-0.39, 0.29) is 11.8 Å². The summed E-state index contributed by atoms with van der Waals surface area (Å²) in [5.74, 6) is 1.02. The number of sulfonamides is 1. The summed E-state index contributed by atoms with van der Waals surface area (Å²) in [6.45, 7) is 2.32. The fraction of sp³-hybridized carbons (Fsp3) is 0.615. The summed E-state index contributed by atoms with van der Waals surface area (Å²) >= 11 is 0. The van der Waals surface area contributed by atoms with Gasteiger partial charge in [0.2, 0.25) is 10.0 Å². The largest absolute Gasteiger partial charge is 0.363 e. The molecule has 6 heteroatoms. The van der Waals surface area contributed by atoms with Crippen molar-refractivity contribution in [3.05, 3.63) is 23.9 Å². The first kappa shape index (κ1) is 14.3. The van der Waals surface area contributed by atoms with Crippen molar-refractivity contribution in [1.29, 1.82) is 0 Å². The van der Waals surface area contributed by atoms with E-state index in [4.69, 9.17) is 0 Å². The maximum absolute atomic E-state index is 12.1. The number of hydrogen-bond acceptors (Lipinski definition) is 4. The van der Waals surface area contributed by atoms with Gasteiger partial charge in [0.15, 0.2) is 0 Å². The highest BCUT2D eigenvalue weighted by molar-refractivity contribution is 7.89. The van der Waals surface area contributed by atoms with E-state index in [1.54, 1.807) is 17.4 Å². The number of rotatable bonds is 4. The molecular formula is C13H21N3O2S. The van der Waals surface area contributed by atoms with Crippen molar-refractivity contribution in [3.8, 4) is 0 Å². The molecule has 1 fully saturated rings. The molecule has 2 rings (SSSR count). The third-order valence-electron chi connectivity index (χ3n) is 3.54. The number of aromatic nitrogens is 1.